The molecule has 0 heterocycles. The predicted octanol–water partition coefficient (Wildman–Crippen LogP) is 4.55. The number of ether oxygens (including phenoxy) is 4. The van der Waals surface area contributed by atoms with Crippen molar-refractivity contribution in [1.82, 2.24) is 5.32 Å². The zero-order valence-corrected chi connectivity index (χ0v) is 26.8. The lowest BCUT2D eigenvalue weighted by molar-refractivity contribution is -0.244. The third-order valence-electron chi connectivity index (χ3n) is 11.6. The van der Waals surface area contributed by atoms with Crippen LogP contribution in [0, 0.1) is 35.0 Å². The second-order valence-electron chi connectivity index (χ2n) is 13.2. The Hall–Kier alpha value is -2.46. The van der Waals surface area contributed by atoms with E-state index in [0.29, 0.717) is 43.6 Å². The minimum atomic E-state index is -0.986. The van der Waals surface area contributed by atoms with Gasteiger partial charge in [0.25, 0.3) is 0 Å². The highest BCUT2D eigenvalue weighted by atomic mass is 16.6. The summed E-state index contributed by atoms with van der Waals surface area (Å²) < 4.78 is 25.1. The van der Waals surface area contributed by atoms with Gasteiger partial charge in [0.1, 0.15) is 5.60 Å². The quantitative estimate of drug-likeness (QED) is 0.336. The number of fused-ring (bicyclic) bond motifs is 3. The van der Waals surface area contributed by atoms with Crippen molar-refractivity contribution in [1.29, 1.82) is 0 Å². The molecule has 4 aliphatic carbocycles. The molecule has 5 rings (SSSR count). The first kappa shape index (κ1) is 31.9. The van der Waals surface area contributed by atoms with Crippen molar-refractivity contribution in [3.63, 3.8) is 0 Å². The fraction of sp³-hybridized carbons (Fsp3) is 0.706. The summed E-state index contributed by atoms with van der Waals surface area (Å²) in [5.41, 5.74) is -1.58. The largest absolute Gasteiger partial charge is 0.501 e. The van der Waals surface area contributed by atoms with Gasteiger partial charge in [0, 0.05) is 63.7 Å². The van der Waals surface area contributed by atoms with E-state index in [-0.39, 0.29) is 47.7 Å². The first-order valence-corrected chi connectivity index (χ1v) is 15.9. The van der Waals surface area contributed by atoms with Gasteiger partial charge >= 0.3 is 5.97 Å². The third kappa shape index (κ3) is 4.91. The van der Waals surface area contributed by atoms with E-state index in [4.69, 9.17) is 18.9 Å². The van der Waals surface area contributed by atoms with Crippen molar-refractivity contribution >= 4 is 17.6 Å². The summed E-state index contributed by atoms with van der Waals surface area (Å²) in [6.07, 6.45) is 5.18. The average Bonchev–Trinajstić information content (AvgIpc) is 3.40. The number of likely N-dealkylation sites (N-methyl/N-ethyl adjacent to an activating group) is 1. The predicted molar refractivity (Wildman–Crippen MR) is 163 cm³/mol. The summed E-state index contributed by atoms with van der Waals surface area (Å²) in [6.45, 7) is 9.05. The average molecular weight is 599 g/mol. The van der Waals surface area contributed by atoms with Crippen LogP contribution in [-0.4, -0.2) is 74.8 Å². The number of aliphatic hydroxyl groups is 1. The second-order valence-corrected chi connectivity index (χ2v) is 13.2. The van der Waals surface area contributed by atoms with E-state index in [1.54, 1.807) is 45.6 Å². The number of amides is 1. The fourth-order valence-electron chi connectivity index (χ4n) is 9.87. The van der Waals surface area contributed by atoms with Gasteiger partial charge in [-0.05, 0) is 55.9 Å². The molecule has 10 atom stereocenters. The highest BCUT2D eigenvalue weighted by Crippen LogP contribution is 2.72. The van der Waals surface area contributed by atoms with Crippen LogP contribution < -0.4 is 10.6 Å². The van der Waals surface area contributed by atoms with Crippen molar-refractivity contribution in [2.45, 2.75) is 83.2 Å². The topological polar surface area (TPSA) is 115 Å². The van der Waals surface area contributed by atoms with E-state index in [0.717, 1.165) is 18.6 Å². The molecule has 3 N–H and O–H groups in total. The lowest BCUT2D eigenvalue weighted by Crippen LogP contribution is -2.67. The SMILES string of the molecule is CCNC[C@]1(OC(=O)c2ccccc2NC(C)=O)CC=C(OC)C23CC(C[C@@H]21)[C@@]1(O)C[C@H](OC)[C@@H](CC)[C@H](OC)C1[C@H]3C. The Balaban J connectivity index is 1.61. The van der Waals surface area contributed by atoms with Gasteiger partial charge in [0.05, 0.1) is 41.9 Å². The number of nitrogens with one attached hydrogen (secondary N) is 2. The smallest absolute Gasteiger partial charge is 0.340 e. The molecule has 2 bridgehead atoms. The molecule has 9 nitrogen and oxygen atoms in total. The molecule has 0 aromatic heterocycles. The van der Waals surface area contributed by atoms with Gasteiger partial charge < -0.3 is 34.7 Å². The molecular weight excluding hydrogens is 548 g/mol. The van der Waals surface area contributed by atoms with Gasteiger partial charge in [-0.1, -0.05) is 32.9 Å². The van der Waals surface area contributed by atoms with Crippen molar-refractivity contribution < 1.29 is 33.6 Å². The maximum Gasteiger partial charge on any atom is 0.340 e. The van der Waals surface area contributed by atoms with Gasteiger partial charge in [0.15, 0.2) is 0 Å². The number of hydrogen-bond donors (Lipinski definition) is 3. The molecule has 0 aliphatic heterocycles. The molecule has 4 aliphatic rings. The zero-order chi connectivity index (χ0) is 31.2. The van der Waals surface area contributed by atoms with Crippen LogP contribution >= 0.6 is 0 Å². The summed E-state index contributed by atoms with van der Waals surface area (Å²) >= 11 is 0. The third-order valence-corrected chi connectivity index (χ3v) is 11.6. The molecule has 0 saturated heterocycles. The molecule has 3 unspecified atom stereocenters. The van der Waals surface area contributed by atoms with Crippen molar-refractivity contribution in [2.75, 3.05) is 39.7 Å². The minimum absolute atomic E-state index is 0.0177. The molecule has 1 spiro atoms. The summed E-state index contributed by atoms with van der Waals surface area (Å²) in [6, 6.07) is 6.96. The van der Waals surface area contributed by atoms with Crippen LogP contribution in [0.5, 0.6) is 0 Å². The first-order chi connectivity index (χ1) is 20.6. The van der Waals surface area contributed by atoms with Crippen molar-refractivity contribution in [2.24, 2.45) is 35.0 Å². The van der Waals surface area contributed by atoms with Crippen LogP contribution in [0.4, 0.5) is 5.69 Å². The number of rotatable bonds is 10. The lowest BCUT2D eigenvalue weighted by atomic mass is 9.47. The highest BCUT2D eigenvalue weighted by molar-refractivity contribution is 6.00. The number of allylic oxidation sites excluding steroid dienone is 1. The summed E-state index contributed by atoms with van der Waals surface area (Å²) in [4.78, 5) is 25.9. The number of anilines is 1. The Morgan fingerprint density at radius 2 is 1.84 bits per heavy atom. The van der Waals surface area contributed by atoms with Crippen molar-refractivity contribution in [3.8, 4) is 0 Å². The van der Waals surface area contributed by atoms with Crippen LogP contribution in [0.1, 0.15) is 70.2 Å². The van der Waals surface area contributed by atoms with E-state index >= 15 is 0 Å². The van der Waals surface area contributed by atoms with Crippen LogP contribution in [0.25, 0.3) is 0 Å². The molecule has 3 fully saturated rings. The number of para-hydroxylation sites is 1. The van der Waals surface area contributed by atoms with Gasteiger partial charge in [0.2, 0.25) is 5.91 Å². The number of esters is 1. The van der Waals surface area contributed by atoms with Gasteiger partial charge in [-0.2, -0.15) is 0 Å². The standard InChI is InChI=1S/C34H50N2O7/c1-8-23-26(40-5)18-34(39)22-16-27-32(19-35-9-2,43-31(38)24-12-10-11-13-25(24)36-21(4)37)15-14-28(41-6)33(27,17-22)20(3)29(34)30(23)42-7/h10-14,20,22-23,26-27,29-30,35,39H,8-9,15-19H2,1-7H3,(H,36,37)/t20-,22?,23-,26+,27-,29?,30+,32-,33?,34+/m1/s1. The molecule has 0 radical (unpaired) electrons. The Bertz CT molecular complexity index is 1240. The van der Waals surface area contributed by atoms with E-state index in [1.165, 1.54) is 6.92 Å². The molecule has 43 heavy (non-hydrogen) atoms. The Labute approximate surface area is 256 Å². The lowest BCUT2D eigenvalue weighted by Gasteiger charge is -2.62. The normalized spacial score (nSPS) is 39.7. The number of methoxy groups -OCH3 is 3. The van der Waals surface area contributed by atoms with E-state index in [2.05, 4.69) is 30.6 Å². The Morgan fingerprint density at radius 3 is 2.47 bits per heavy atom. The fourth-order valence-corrected chi connectivity index (χ4v) is 9.87. The van der Waals surface area contributed by atoms with Crippen LogP contribution in [0.2, 0.25) is 0 Å². The number of hydrogen-bond acceptors (Lipinski definition) is 8. The Kier molecular flexibility index (Phi) is 9.02. The highest BCUT2D eigenvalue weighted by Gasteiger charge is 2.74. The number of carbonyl (C=O) groups is 2. The Morgan fingerprint density at radius 1 is 1.09 bits per heavy atom. The molecule has 1 amide bonds. The first-order valence-electron chi connectivity index (χ1n) is 15.9. The summed E-state index contributed by atoms with van der Waals surface area (Å²) in [5.74, 6) is 0.0410. The van der Waals surface area contributed by atoms with Crippen LogP contribution in [0.3, 0.4) is 0 Å². The number of benzene rings is 1. The van der Waals surface area contributed by atoms with E-state index < -0.39 is 22.6 Å². The monoisotopic (exact) mass is 598 g/mol. The van der Waals surface area contributed by atoms with E-state index in [1.807, 2.05) is 6.92 Å². The summed E-state index contributed by atoms with van der Waals surface area (Å²) in [5, 5.41) is 19.0. The second kappa shape index (κ2) is 12.1. The van der Waals surface area contributed by atoms with Gasteiger partial charge in [-0.3, -0.25) is 4.79 Å². The maximum atomic E-state index is 14.0. The van der Waals surface area contributed by atoms with Crippen LogP contribution in [0.15, 0.2) is 36.1 Å². The molecule has 1 aromatic carbocycles. The van der Waals surface area contributed by atoms with Crippen molar-refractivity contribution in [3.05, 3.63) is 41.7 Å². The van der Waals surface area contributed by atoms with E-state index in [9.17, 15) is 14.7 Å². The number of carbonyl (C=O) groups excluding carboxylic acids is 2. The van der Waals surface area contributed by atoms with Crippen LogP contribution in [-0.2, 0) is 23.7 Å². The molecule has 238 valence electrons. The summed E-state index contributed by atoms with van der Waals surface area (Å²) in [7, 11) is 5.22. The molecule has 1 aromatic rings. The molecule has 9 heteroatoms. The maximum absolute atomic E-state index is 14.0. The minimum Gasteiger partial charge on any atom is -0.501 e. The van der Waals surface area contributed by atoms with Gasteiger partial charge in [-0.15, -0.1) is 0 Å². The molecule has 3 saturated carbocycles. The zero-order valence-electron chi connectivity index (χ0n) is 26.8. The van der Waals surface area contributed by atoms with Gasteiger partial charge in [-0.25, -0.2) is 4.79 Å². The molecular formula is C34H50N2O7.